The van der Waals surface area contributed by atoms with E-state index in [0.29, 0.717) is 12.3 Å². The third kappa shape index (κ3) is 3.17. The summed E-state index contributed by atoms with van der Waals surface area (Å²) in [5.41, 5.74) is 0.887. The molecule has 1 saturated heterocycles. The molecular weight excluding hydrogens is 248 g/mol. The molecule has 0 radical (unpaired) electrons. The maximum Gasteiger partial charge on any atom is 0.224 e. The average molecular weight is 268 g/mol. The first-order chi connectivity index (χ1) is 9.81. The van der Waals surface area contributed by atoms with Gasteiger partial charge in [0.05, 0.1) is 0 Å². The molecule has 1 aliphatic rings. The molecule has 2 aromatic rings. The third-order valence-corrected chi connectivity index (χ3v) is 3.91. The molecule has 1 fully saturated rings. The Morgan fingerprint density at radius 2 is 2.05 bits per heavy atom. The van der Waals surface area contributed by atoms with Gasteiger partial charge < -0.3 is 10.6 Å². The van der Waals surface area contributed by atoms with E-state index in [9.17, 15) is 4.79 Å². The summed E-state index contributed by atoms with van der Waals surface area (Å²) < 4.78 is 0. The second kappa shape index (κ2) is 6.06. The van der Waals surface area contributed by atoms with Gasteiger partial charge in [-0.3, -0.25) is 4.79 Å². The number of amides is 1. The van der Waals surface area contributed by atoms with E-state index in [1.165, 1.54) is 11.8 Å². The van der Waals surface area contributed by atoms with E-state index in [-0.39, 0.29) is 5.91 Å². The van der Waals surface area contributed by atoms with E-state index >= 15 is 0 Å². The van der Waals surface area contributed by atoms with E-state index in [1.807, 2.05) is 30.3 Å². The zero-order valence-corrected chi connectivity index (χ0v) is 11.6. The lowest BCUT2D eigenvalue weighted by atomic mass is 9.96. The summed E-state index contributed by atoms with van der Waals surface area (Å²) in [6.07, 6.45) is 2.94. The molecule has 1 unspecified atom stereocenters. The molecule has 20 heavy (non-hydrogen) atoms. The molecule has 3 nitrogen and oxygen atoms in total. The normalized spacial score (nSPS) is 18.9. The van der Waals surface area contributed by atoms with Crippen LogP contribution < -0.4 is 10.6 Å². The Morgan fingerprint density at radius 1 is 1.20 bits per heavy atom. The molecule has 2 N–H and O–H groups in total. The number of hydrogen-bond donors (Lipinski definition) is 2. The first kappa shape index (κ1) is 13.1. The number of nitrogens with one attached hydrogen (secondary N) is 2. The highest BCUT2D eigenvalue weighted by atomic mass is 16.1. The largest absolute Gasteiger partial charge is 0.326 e. The molecule has 0 aliphatic carbocycles. The number of hydrogen-bond acceptors (Lipinski definition) is 2. The maximum atomic E-state index is 12.1. The lowest BCUT2D eigenvalue weighted by Crippen LogP contribution is -2.32. The second-order valence-corrected chi connectivity index (χ2v) is 5.53. The predicted molar refractivity (Wildman–Crippen MR) is 82.8 cm³/mol. The third-order valence-electron chi connectivity index (χ3n) is 3.91. The van der Waals surface area contributed by atoms with Crippen molar-refractivity contribution in [1.29, 1.82) is 0 Å². The minimum Gasteiger partial charge on any atom is -0.326 e. The first-order valence-corrected chi connectivity index (χ1v) is 7.30. The van der Waals surface area contributed by atoms with Crippen molar-refractivity contribution in [2.24, 2.45) is 5.92 Å². The molecule has 0 saturated carbocycles. The summed E-state index contributed by atoms with van der Waals surface area (Å²) in [4.78, 5) is 12.1. The number of rotatable bonds is 3. The Kier molecular flexibility index (Phi) is 3.97. The zero-order valence-electron chi connectivity index (χ0n) is 11.6. The highest BCUT2D eigenvalue weighted by molar-refractivity contribution is 5.94. The lowest BCUT2D eigenvalue weighted by Gasteiger charge is -2.22. The smallest absolute Gasteiger partial charge is 0.224 e. The highest BCUT2D eigenvalue weighted by Gasteiger charge is 2.16. The van der Waals surface area contributed by atoms with Gasteiger partial charge in [-0.05, 0) is 54.8 Å². The van der Waals surface area contributed by atoms with Crippen LogP contribution >= 0.6 is 0 Å². The number of anilines is 1. The number of piperidine rings is 1. The molecule has 104 valence electrons. The van der Waals surface area contributed by atoms with E-state index in [0.717, 1.165) is 30.6 Å². The standard InChI is InChI=1S/C17H20N2O/c20-17(10-13-4-3-9-18-12-13)19-16-8-7-14-5-1-2-6-15(14)11-16/h1-2,5-8,11,13,18H,3-4,9-10,12H2,(H,19,20). The van der Waals surface area contributed by atoms with Crippen molar-refractivity contribution in [2.75, 3.05) is 18.4 Å². The highest BCUT2D eigenvalue weighted by Crippen LogP contribution is 2.20. The summed E-state index contributed by atoms with van der Waals surface area (Å²) >= 11 is 0. The maximum absolute atomic E-state index is 12.1. The van der Waals surface area contributed by atoms with Gasteiger partial charge in [-0.1, -0.05) is 30.3 Å². The van der Waals surface area contributed by atoms with Gasteiger partial charge >= 0.3 is 0 Å². The fourth-order valence-corrected chi connectivity index (χ4v) is 2.84. The fourth-order valence-electron chi connectivity index (χ4n) is 2.84. The molecule has 1 heterocycles. The van der Waals surface area contributed by atoms with Gasteiger partial charge in [-0.2, -0.15) is 0 Å². The van der Waals surface area contributed by atoms with Crippen LogP contribution in [0.15, 0.2) is 42.5 Å². The van der Waals surface area contributed by atoms with Gasteiger partial charge in [-0.15, -0.1) is 0 Å². The average Bonchev–Trinajstić information content (AvgIpc) is 2.48. The Bertz CT molecular complexity index is 603. The minimum absolute atomic E-state index is 0.119. The van der Waals surface area contributed by atoms with Crippen molar-refractivity contribution in [3.63, 3.8) is 0 Å². The van der Waals surface area contributed by atoms with E-state index in [1.54, 1.807) is 0 Å². The van der Waals surface area contributed by atoms with Crippen LogP contribution in [0.5, 0.6) is 0 Å². The van der Waals surface area contributed by atoms with Crippen LogP contribution in [-0.2, 0) is 4.79 Å². The Hall–Kier alpha value is -1.87. The lowest BCUT2D eigenvalue weighted by molar-refractivity contribution is -0.117. The molecule has 1 aliphatic heterocycles. The minimum atomic E-state index is 0.119. The fraction of sp³-hybridized carbons (Fsp3) is 0.353. The molecular formula is C17H20N2O. The van der Waals surface area contributed by atoms with Crippen molar-refractivity contribution in [3.8, 4) is 0 Å². The molecule has 0 bridgehead atoms. The van der Waals surface area contributed by atoms with Crippen LogP contribution in [0, 0.1) is 5.92 Å². The Morgan fingerprint density at radius 3 is 2.85 bits per heavy atom. The zero-order chi connectivity index (χ0) is 13.8. The molecule has 0 aromatic heterocycles. The van der Waals surface area contributed by atoms with E-state index in [4.69, 9.17) is 0 Å². The topological polar surface area (TPSA) is 41.1 Å². The van der Waals surface area contributed by atoms with Crippen LogP contribution in [0.25, 0.3) is 10.8 Å². The van der Waals surface area contributed by atoms with Gasteiger partial charge in [0.1, 0.15) is 0 Å². The van der Waals surface area contributed by atoms with E-state index < -0.39 is 0 Å². The number of carbonyl (C=O) groups is 1. The van der Waals surface area contributed by atoms with E-state index in [2.05, 4.69) is 22.8 Å². The first-order valence-electron chi connectivity index (χ1n) is 7.30. The Balaban J connectivity index is 1.64. The summed E-state index contributed by atoms with van der Waals surface area (Å²) in [7, 11) is 0. The summed E-state index contributed by atoms with van der Waals surface area (Å²) in [5, 5.41) is 8.72. The molecule has 1 amide bonds. The summed E-state index contributed by atoms with van der Waals surface area (Å²) in [6.45, 7) is 2.05. The second-order valence-electron chi connectivity index (χ2n) is 5.53. The van der Waals surface area contributed by atoms with Crippen LogP contribution in [0.1, 0.15) is 19.3 Å². The molecule has 1 atom stereocenters. The van der Waals surface area contributed by atoms with Crippen LogP contribution in [-0.4, -0.2) is 19.0 Å². The summed E-state index contributed by atoms with van der Waals surface area (Å²) in [6, 6.07) is 14.2. The van der Waals surface area contributed by atoms with Gasteiger partial charge in [0, 0.05) is 12.1 Å². The van der Waals surface area contributed by atoms with Gasteiger partial charge in [0.15, 0.2) is 0 Å². The monoisotopic (exact) mass is 268 g/mol. The van der Waals surface area contributed by atoms with Crippen molar-refractivity contribution >= 4 is 22.4 Å². The number of carbonyl (C=O) groups excluding carboxylic acids is 1. The Labute approximate surface area is 119 Å². The van der Waals surface area contributed by atoms with Crippen LogP contribution in [0.4, 0.5) is 5.69 Å². The van der Waals surface area contributed by atoms with Crippen molar-refractivity contribution in [1.82, 2.24) is 5.32 Å². The molecule has 0 spiro atoms. The summed E-state index contributed by atoms with van der Waals surface area (Å²) in [5.74, 6) is 0.596. The van der Waals surface area contributed by atoms with Crippen molar-refractivity contribution in [2.45, 2.75) is 19.3 Å². The quantitative estimate of drug-likeness (QED) is 0.897. The number of benzene rings is 2. The predicted octanol–water partition coefficient (Wildman–Crippen LogP) is 3.17. The van der Waals surface area contributed by atoms with Gasteiger partial charge in [0.25, 0.3) is 0 Å². The van der Waals surface area contributed by atoms with Crippen molar-refractivity contribution < 1.29 is 4.79 Å². The van der Waals surface area contributed by atoms with Crippen molar-refractivity contribution in [3.05, 3.63) is 42.5 Å². The van der Waals surface area contributed by atoms with Gasteiger partial charge in [0.2, 0.25) is 5.91 Å². The van der Waals surface area contributed by atoms with Crippen LogP contribution in [0.2, 0.25) is 0 Å². The SMILES string of the molecule is O=C(CC1CCCNC1)Nc1ccc2ccccc2c1. The molecule has 2 aromatic carbocycles. The number of fused-ring (bicyclic) bond motifs is 1. The van der Waals surface area contributed by atoms with Crippen LogP contribution in [0.3, 0.4) is 0 Å². The molecule has 3 rings (SSSR count). The molecule has 3 heteroatoms. The van der Waals surface area contributed by atoms with Gasteiger partial charge in [-0.25, -0.2) is 0 Å².